The van der Waals surface area contributed by atoms with Gasteiger partial charge in [0.25, 0.3) is 0 Å². The monoisotopic (exact) mass is 242 g/mol. The Morgan fingerprint density at radius 3 is 2.47 bits per heavy atom. The number of likely N-dealkylation sites (tertiary alicyclic amines) is 1. The fourth-order valence-corrected chi connectivity index (χ4v) is 1.96. The molecule has 0 aliphatic carbocycles. The number of carbonyl (C=O) groups is 2. The molecule has 1 rings (SSSR count). The Bertz CT molecular complexity index is 264. The Labute approximate surface area is 102 Å². The quantitative estimate of drug-likeness (QED) is 0.544. The predicted octanol–water partition coefficient (Wildman–Crippen LogP) is -1.21. The minimum absolute atomic E-state index is 0.102. The van der Waals surface area contributed by atoms with E-state index < -0.39 is 11.9 Å². The second-order valence-corrected chi connectivity index (χ2v) is 4.47. The van der Waals surface area contributed by atoms with Gasteiger partial charge in [-0.1, -0.05) is 6.42 Å². The van der Waals surface area contributed by atoms with Crippen molar-refractivity contribution in [3.63, 3.8) is 0 Å². The molecule has 1 aliphatic heterocycles. The van der Waals surface area contributed by atoms with Crippen LogP contribution in [0.3, 0.4) is 0 Å². The van der Waals surface area contributed by atoms with Gasteiger partial charge in [-0.25, -0.2) is 0 Å². The zero-order valence-corrected chi connectivity index (χ0v) is 10.2. The number of carbonyl (C=O) groups excluding carboxylic acids is 2. The van der Waals surface area contributed by atoms with E-state index in [2.05, 4.69) is 10.2 Å². The van der Waals surface area contributed by atoms with Gasteiger partial charge < -0.3 is 21.7 Å². The molecule has 0 aromatic carbocycles. The Morgan fingerprint density at radius 2 is 1.88 bits per heavy atom. The zero-order valence-electron chi connectivity index (χ0n) is 10.2. The molecule has 1 unspecified atom stereocenters. The molecular formula is C11H22N4O2. The van der Waals surface area contributed by atoms with E-state index in [9.17, 15) is 9.59 Å². The molecule has 0 aromatic heterocycles. The molecule has 0 bridgehead atoms. The van der Waals surface area contributed by atoms with Crippen LogP contribution in [-0.4, -0.2) is 48.9 Å². The Morgan fingerprint density at radius 1 is 1.24 bits per heavy atom. The van der Waals surface area contributed by atoms with Crippen molar-refractivity contribution in [1.29, 1.82) is 0 Å². The first-order chi connectivity index (χ1) is 8.09. The molecular weight excluding hydrogens is 220 g/mol. The summed E-state index contributed by atoms with van der Waals surface area (Å²) in [6, 6.07) is -0.825. The average Bonchev–Trinajstić information content (AvgIpc) is 2.29. The standard InChI is InChI=1S/C11H22N4O2/c12-9(8-10(13)16)11(17)14-4-7-15-5-2-1-3-6-15/h9H,1-8,12H2,(H2,13,16)(H,14,17). The maximum absolute atomic E-state index is 11.5. The van der Waals surface area contributed by atoms with Crippen LogP contribution in [-0.2, 0) is 9.59 Å². The molecule has 0 saturated carbocycles. The molecule has 2 amide bonds. The van der Waals surface area contributed by atoms with Crippen molar-refractivity contribution >= 4 is 11.8 Å². The number of nitrogens with two attached hydrogens (primary N) is 2. The fraction of sp³-hybridized carbons (Fsp3) is 0.818. The SMILES string of the molecule is NC(=O)CC(N)C(=O)NCCN1CCCCC1. The first kappa shape index (κ1) is 13.9. The number of rotatable bonds is 6. The molecule has 0 aromatic rings. The third-order valence-corrected chi connectivity index (χ3v) is 2.93. The maximum atomic E-state index is 11.5. The van der Waals surface area contributed by atoms with Gasteiger partial charge in [-0.3, -0.25) is 9.59 Å². The van der Waals surface area contributed by atoms with Crippen molar-refractivity contribution in [2.75, 3.05) is 26.2 Å². The second kappa shape index (κ2) is 7.24. The molecule has 1 saturated heterocycles. The number of hydrogen-bond acceptors (Lipinski definition) is 4. The van der Waals surface area contributed by atoms with Crippen LogP contribution < -0.4 is 16.8 Å². The number of primary amides is 1. The third-order valence-electron chi connectivity index (χ3n) is 2.93. The third kappa shape index (κ3) is 5.65. The molecule has 1 heterocycles. The molecule has 5 N–H and O–H groups in total. The molecule has 1 fully saturated rings. The highest BCUT2D eigenvalue weighted by atomic mass is 16.2. The van der Waals surface area contributed by atoms with Gasteiger partial charge in [0.2, 0.25) is 11.8 Å². The minimum Gasteiger partial charge on any atom is -0.370 e. The first-order valence-electron chi connectivity index (χ1n) is 6.13. The lowest BCUT2D eigenvalue weighted by atomic mass is 10.1. The van der Waals surface area contributed by atoms with E-state index in [1.807, 2.05) is 0 Å². The van der Waals surface area contributed by atoms with Crippen LogP contribution in [0, 0.1) is 0 Å². The van der Waals surface area contributed by atoms with Crippen molar-refractivity contribution in [3.8, 4) is 0 Å². The van der Waals surface area contributed by atoms with Crippen LogP contribution in [0.4, 0.5) is 0 Å². The van der Waals surface area contributed by atoms with E-state index in [1.54, 1.807) is 0 Å². The van der Waals surface area contributed by atoms with Crippen LogP contribution in [0.15, 0.2) is 0 Å². The number of nitrogens with zero attached hydrogens (tertiary/aromatic N) is 1. The Hall–Kier alpha value is -1.14. The summed E-state index contributed by atoms with van der Waals surface area (Å²) in [6.07, 6.45) is 3.66. The van der Waals surface area contributed by atoms with Gasteiger partial charge in [-0.05, 0) is 25.9 Å². The van der Waals surface area contributed by atoms with Crippen LogP contribution in [0.5, 0.6) is 0 Å². The van der Waals surface area contributed by atoms with E-state index in [-0.39, 0.29) is 12.3 Å². The van der Waals surface area contributed by atoms with Gasteiger partial charge in [0.15, 0.2) is 0 Å². The smallest absolute Gasteiger partial charge is 0.237 e. The summed E-state index contributed by atoms with van der Waals surface area (Å²) in [6.45, 7) is 3.62. The number of amides is 2. The topological polar surface area (TPSA) is 101 Å². The van der Waals surface area contributed by atoms with Crippen molar-refractivity contribution in [3.05, 3.63) is 0 Å². The summed E-state index contributed by atoms with van der Waals surface area (Å²) < 4.78 is 0. The summed E-state index contributed by atoms with van der Waals surface area (Å²) in [5.41, 5.74) is 10.5. The van der Waals surface area contributed by atoms with Crippen molar-refractivity contribution in [2.45, 2.75) is 31.7 Å². The number of piperidine rings is 1. The van der Waals surface area contributed by atoms with Crippen LogP contribution >= 0.6 is 0 Å². The molecule has 17 heavy (non-hydrogen) atoms. The van der Waals surface area contributed by atoms with E-state index in [1.165, 1.54) is 19.3 Å². The largest absolute Gasteiger partial charge is 0.370 e. The lowest BCUT2D eigenvalue weighted by molar-refractivity contribution is -0.126. The minimum atomic E-state index is -0.825. The Balaban J connectivity index is 2.12. The summed E-state index contributed by atoms with van der Waals surface area (Å²) in [7, 11) is 0. The highest BCUT2D eigenvalue weighted by Gasteiger charge is 2.16. The maximum Gasteiger partial charge on any atom is 0.237 e. The van der Waals surface area contributed by atoms with Gasteiger partial charge in [0.1, 0.15) is 0 Å². The van der Waals surface area contributed by atoms with Gasteiger partial charge >= 0.3 is 0 Å². The van der Waals surface area contributed by atoms with E-state index in [4.69, 9.17) is 11.5 Å². The van der Waals surface area contributed by atoms with E-state index in [0.717, 1.165) is 19.6 Å². The van der Waals surface area contributed by atoms with Crippen LogP contribution in [0.25, 0.3) is 0 Å². The molecule has 6 nitrogen and oxygen atoms in total. The van der Waals surface area contributed by atoms with Crippen molar-refractivity contribution < 1.29 is 9.59 Å². The van der Waals surface area contributed by atoms with Crippen LogP contribution in [0.1, 0.15) is 25.7 Å². The highest BCUT2D eigenvalue weighted by Crippen LogP contribution is 2.07. The summed E-state index contributed by atoms with van der Waals surface area (Å²) in [5, 5.41) is 2.72. The van der Waals surface area contributed by atoms with Crippen molar-refractivity contribution in [1.82, 2.24) is 10.2 Å². The lowest BCUT2D eigenvalue weighted by Crippen LogP contribution is -2.45. The average molecular weight is 242 g/mol. The second-order valence-electron chi connectivity index (χ2n) is 4.47. The highest BCUT2D eigenvalue weighted by molar-refractivity contribution is 5.87. The van der Waals surface area contributed by atoms with Gasteiger partial charge in [-0.2, -0.15) is 0 Å². The summed E-state index contributed by atoms with van der Waals surface area (Å²) in [4.78, 5) is 24.4. The van der Waals surface area contributed by atoms with Gasteiger partial charge in [-0.15, -0.1) is 0 Å². The lowest BCUT2D eigenvalue weighted by Gasteiger charge is -2.26. The van der Waals surface area contributed by atoms with Gasteiger partial charge in [0.05, 0.1) is 12.5 Å². The molecule has 0 spiro atoms. The van der Waals surface area contributed by atoms with E-state index in [0.29, 0.717) is 6.54 Å². The molecule has 0 radical (unpaired) electrons. The number of hydrogen-bond donors (Lipinski definition) is 3. The normalized spacial score (nSPS) is 18.6. The predicted molar refractivity (Wildman–Crippen MR) is 65.1 cm³/mol. The van der Waals surface area contributed by atoms with E-state index >= 15 is 0 Å². The molecule has 98 valence electrons. The summed E-state index contributed by atoms with van der Waals surface area (Å²) in [5.74, 6) is -0.857. The molecule has 1 aliphatic rings. The molecule has 6 heteroatoms. The van der Waals surface area contributed by atoms with Crippen LogP contribution in [0.2, 0.25) is 0 Å². The van der Waals surface area contributed by atoms with Gasteiger partial charge in [0, 0.05) is 13.1 Å². The summed E-state index contributed by atoms with van der Waals surface area (Å²) >= 11 is 0. The zero-order chi connectivity index (χ0) is 12.7. The fourth-order valence-electron chi connectivity index (χ4n) is 1.96. The first-order valence-corrected chi connectivity index (χ1v) is 6.13. The number of nitrogens with one attached hydrogen (secondary N) is 1. The van der Waals surface area contributed by atoms with Crippen molar-refractivity contribution in [2.24, 2.45) is 11.5 Å². The Kier molecular flexibility index (Phi) is 5.93. The molecule has 1 atom stereocenters.